The average Bonchev–Trinajstić information content (AvgIpc) is 2.65. The molecular weight excluding hydrogens is 318 g/mol. The van der Waals surface area contributed by atoms with E-state index < -0.39 is 0 Å². The van der Waals surface area contributed by atoms with E-state index in [1.165, 1.54) is 6.08 Å². The second-order valence-electron chi connectivity index (χ2n) is 5.28. The number of amides is 1. The Balaban J connectivity index is 2.11. The molecule has 0 aromatic heterocycles. The quantitative estimate of drug-likeness (QED) is 0.733. The van der Waals surface area contributed by atoms with Gasteiger partial charge in [0.1, 0.15) is 17.2 Å². The molecule has 0 saturated heterocycles. The van der Waals surface area contributed by atoms with Crippen LogP contribution in [0.25, 0.3) is 6.08 Å². The van der Waals surface area contributed by atoms with Crippen LogP contribution in [0.5, 0.6) is 17.2 Å². The molecule has 0 aliphatic heterocycles. The zero-order chi connectivity index (χ0) is 18.1. The van der Waals surface area contributed by atoms with Crippen molar-refractivity contribution < 1.29 is 19.0 Å². The van der Waals surface area contributed by atoms with Crippen LogP contribution in [0.15, 0.2) is 48.5 Å². The molecule has 2 aromatic rings. The zero-order valence-electron chi connectivity index (χ0n) is 14.7. The fourth-order valence-corrected chi connectivity index (χ4v) is 2.21. The first-order chi connectivity index (χ1) is 12.2. The van der Waals surface area contributed by atoms with Gasteiger partial charge in [-0.05, 0) is 30.7 Å². The van der Waals surface area contributed by atoms with Gasteiger partial charge in [-0.25, -0.2) is 0 Å². The van der Waals surface area contributed by atoms with E-state index in [0.29, 0.717) is 23.8 Å². The lowest BCUT2D eigenvalue weighted by molar-refractivity contribution is -0.111. The highest BCUT2D eigenvalue weighted by Gasteiger charge is 2.07. The Morgan fingerprint density at radius 2 is 1.88 bits per heavy atom. The second kappa shape index (κ2) is 9.37. The van der Waals surface area contributed by atoms with E-state index in [-0.39, 0.29) is 5.91 Å². The molecule has 1 amide bonds. The van der Waals surface area contributed by atoms with Gasteiger partial charge in [0.25, 0.3) is 0 Å². The summed E-state index contributed by atoms with van der Waals surface area (Å²) in [5.41, 5.74) is 1.40. The van der Waals surface area contributed by atoms with E-state index in [9.17, 15) is 4.79 Å². The smallest absolute Gasteiger partial charge is 0.248 e. The largest absolute Gasteiger partial charge is 0.497 e. The van der Waals surface area contributed by atoms with Crippen molar-refractivity contribution in [3.8, 4) is 17.2 Å². The number of ether oxygens (including phenoxy) is 3. The number of nitrogens with one attached hydrogen (secondary N) is 1. The molecule has 0 heterocycles. The molecule has 0 bridgehead atoms. The molecule has 0 radical (unpaired) electrons. The van der Waals surface area contributed by atoms with Crippen molar-refractivity contribution in [1.29, 1.82) is 0 Å². The molecule has 2 aromatic carbocycles. The topological polar surface area (TPSA) is 56.8 Å². The van der Waals surface area contributed by atoms with Crippen molar-refractivity contribution in [2.45, 2.75) is 13.3 Å². The SMILES string of the molecule is CCCOc1ccccc1/C=C/C(=O)Nc1cc(OC)ccc1OC. The van der Waals surface area contributed by atoms with E-state index in [1.54, 1.807) is 38.5 Å². The van der Waals surface area contributed by atoms with Crippen molar-refractivity contribution in [2.24, 2.45) is 0 Å². The summed E-state index contributed by atoms with van der Waals surface area (Å²) >= 11 is 0. The highest BCUT2D eigenvalue weighted by Crippen LogP contribution is 2.29. The minimum absolute atomic E-state index is 0.267. The van der Waals surface area contributed by atoms with Crippen molar-refractivity contribution in [3.05, 3.63) is 54.1 Å². The molecule has 132 valence electrons. The summed E-state index contributed by atoms with van der Waals surface area (Å²) in [5.74, 6) is 1.69. The first-order valence-electron chi connectivity index (χ1n) is 8.10. The number of rotatable bonds is 8. The lowest BCUT2D eigenvalue weighted by Crippen LogP contribution is -2.09. The second-order valence-corrected chi connectivity index (χ2v) is 5.28. The molecule has 0 fully saturated rings. The Morgan fingerprint density at radius 1 is 1.08 bits per heavy atom. The van der Waals surface area contributed by atoms with Gasteiger partial charge in [-0.15, -0.1) is 0 Å². The number of hydrogen-bond acceptors (Lipinski definition) is 4. The highest BCUT2D eigenvalue weighted by molar-refractivity contribution is 6.03. The molecule has 1 N–H and O–H groups in total. The van der Waals surface area contributed by atoms with Crippen LogP contribution in [0.3, 0.4) is 0 Å². The van der Waals surface area contributed by atoms with Crippen molar-refractivity contribution in [1.82, 2.24) is 0 Å². The maximum atomic E-state index is 12.2. The number of hydrogen-bond donors (Lipinski definition) is 1. The van der Waals surface area contributed by atoms with Crippen molar-refractivity contribution in [2.75, 3.05) is 26.1 Å². The predicted octanol–water partition coefficient (Wildman–Crippen LogP) is 4.14. The van der Waals surface area contributed by atoms with Crippen LogP contribution in [0.1, 0.15) is 18.9 Å². The molecule has 2 rings (SSSR count). The average molecular weight is 341 g/mol. The third-order valence-corrected chi connectivity index (χ3v) is 3.46. The molecular formula is C20H23NO4. The van der Waals surface area contributed by atoms with Gasteiger partial charge in [-0.3, -0.25) is 4.79 Å². The minimum Gasteiger partial charge on any atom is -0.497 e. The van der Waals surface area contributed by atoms with E-state index in [4.69, 9.17) is 14.2 Å². The standard InChI is InChI=1S/C20H23NO4/c1-4-13-25-18-8-6-5-7-15(18)9-12-20(22)21-17-14-16(23-2)10-11-19(17)24-3/h5-12,14H,4,13H2,1-3H3,(H,21,22)/b12-9+. The van der Waals surface area contributed by atoms with Crippen molar-refractivity contribution >= 4 is 17.7 Å². The summed E-state index contributed by atoms with van der Waals surface area (Å²) in [6, 6.07) is 12.8. The molecule has 25 heavy (non-hydrogen) atoms. The van der Waals surface area contributed by atoms with Gasteiger partial charge >= 0.3 is 0 Å². The van der Waals surface area contributed by atoms with Gasteiger partial charge in [-0.1, -0.05) is 25.1 Å². The Kier molecular flexibility index (Phi) is 6.89. The summed E-state index contributed by atoms with van der Waals surface area (Å²) in [5, 5.41) is 2.80. The van der Waals surface area contributed by atoms with Gasteiger partial charge in [0.05, 0.1) is 26.5 Å². The number of benzene rings is 2. The molecule has 0 saturated carbocycles. The monoisotopic (exact) mass is 341 g/mol. The van der Waals surface area contributed by atoms with Crippen LogP contribution in [0.4, 0.5) is 5.69 Å². The van der Waals surface area contributed by atoms with Gasteiger partial charge in [0.15, 0.2) is 0 Å². The molecule has 0 unspecified atom stereocenters. The number of methoxy groups -OCH3 is 2. The third-order valence-electron chi connectivity index (χ3n) is 3.46. The lowest BCUT2D eigenvalue weighted by Gasteiger charge is -2.10. The summed E-state index contributed by atoms with van der Waals surface area (Å²) < 4.78 is 16.1. The van der Waals surface area contributed by atoms with Gasteiger partial charge in [0, 0.05) is 17.7 Å². The number of carbonyl (C=O) groups is 1. The molecule has 5 nitrogen and oxygen atoms in total. The zero-order valence-corrected chi connectivity index (χ0v) is 14.7. The van der Waals surface area contributed by atoms with Crippen LogP contribution in [-0.2, 0) is 4.79 Å². The fraction of sp³-hybridized carbons (Fsp3) is 0.250. The minimum atomic E-state index is -0.267. The molecule has 5 heteroatoms. The van der Waals surface area contributed by atoms with Gasteiger partial charge in [-0.2, -0.15) is 0 Å². The third kappa shape index (κ3) is 5.28. The normalized spacial score (nSPS) is 10.5. The van der Waals surface area contributed by atoms with Gasteiger partial charge in [0.2, 0.25) is 5.91 Å². The highest BCUT2D eigenvalue weighted by atomic mass is 16.5. The number of carbonyl (C=O) groups excluding carboxylic acids is 1. The lowest BCUT2D eigenvalue weighted by atomic mass is 10.2. The number of para-hydroxylation sites is 1. The molecule has 0 atom stereocenters. The van der Waals surface area contributed by atoms with Crippen LogP contribution in [-0.4, -0.2) is 26.7 Å². The number of anilines is 1. The molecule has 0 aliphatic rings. The van der Waals surface area contributed by atoms with E-state index in [2.05, 4.69) is 5.32 Å². The maximum absolute atomic E-state index is 12.2. The fourth-order valence-electron chi connectivity index (χ4n) is 2.21. The first-order valence-corrected chi connectivity index (χ1v) is 8.10. The molecule has 0 spiro atoms. The summed E-state index contributed by atoms with van der Waals surface area (Å²) in [6.07, 6.45) is 4.12. The van der Waals surface area contributed by atoms with E-state index in [0.717, 1.165) is 17.7 Å². The van der Waals surface area contributed by atoms with Crippen LogP contribution < -0.4 is 19.5 Å². The van der Waals surface area contributed by atoms with Crippen LogP contribution in [0, 0.1) is 0 Å². The van der Waals surface area contributed by atoms with Crippen molar-refractivity contribution in [3.63, 3.8) is 0 Å². The summed E-state index contributed by atoms with van der Waals surface area (Å²) in [7, 11) is 3.12. The van der Waals surface area contributed by atoms with Crippen LogP contribution >= 0.6 is 0 Å². The van der Waals surface area contributed by atoms with E-state index >= 15 is 0 Å². The van der Waals surface area contributed by atoms with Gasteiger partial charge < -0.3 is 19.5 Å². The Morgan fingerprint density at radius 3 is 2.60 bits per heavy atom. The Hall–Kier alpha value is -2.95. The van der Waals surface area contributed by atoms with Crippen LogP contribution in [0.2, 0.25) is 0 Å². The maximum Gasteiger partial charge on any atom is 0.248 e. The summed E-state index contributed by atoms with van der Waals surface area (Å²) in [4.78, 5) is 12.2. The van der Waals surface area contributed by atoms with E-state index in [1.807, 2.05) is 31.2 Å². The Labute approximate surface area is 148 Å². The summed E-state index contributed by atoms with van der Waals surface area (Å²) in [6.45, 7) is 2.69. The molecule has 0 aliphatic carbocycles. The first kappa shape index (κ1) is 18.4. The Bertz CT molecular complexity index is 740. The predicted molar refractivity (Wildman–Crippen MR) is 99.4 cm³/mol.